The Morgan fingerprint density at radius 3 is 3.04 bits per heavy atom. The summed E-state index contributed by atoms with van der Waals surface area (Å²) in [5, 5.41) is 18.0. The molecule has 1 aromatic rings. The van der Waals surface area contributed by atoms with Crippen LogP contribution in [0.2, 0.25) is 5.02 Å². The molecule has 150 valence electrons. The lowest BCUT2D eigenvalue weighted by molar-refractivity contribution is 0.00716. The van der Waals surface area contributed by atoms with Crippen LogP contribution >= 0.6 is 11.6 Å². The maximum absolute atomic E-state index is 10.4. The number of guanidine groups is 1. The first-order chi connectivity index (χ1) is 13.0. The van der Waals surface area contributed by atoms with Crippen molar-refractivity contribution in [2.45, 2.75) is 58.1 Å². The Bertz CT molecular complexity index is 655. The third kappa shape index (κ3) is 5.05. The Morgan fingerprint density at radius 1 is 1.44 bits per heavy atom. The third-order valence-electron chi connectivity index (χ3n) is 5.79. The van der Waals surface area contributed by atoms with Gasteiger partial charge >= 0.3 is 0 Å². The number of hydrogen-bond acceptors (Lipinski definition) is 4. The highest BCUT2D eigenvalue weighted by Crippen LogP contribution is 2.36. The van der Waals surface area contributed by atoms with Gasteiger partial charge in [-0.1, -0.05) is 31.4 Å². The molecule has 2 fully saturated rings. The van der Waals surface area contributed by atoms with Gasteiger partial charge in [-0.15, -0.1) is 0 Å². The number of halogens is 1. The highest BCUT2D eigenvalue weighted by atomic mass is 35.5. The van der Waals surface area contributed by atoms with Crippen LogP contribution in [0.3, 0.4) is 0 Å². The standard InChI is InChI=1S/C20H32ClN5O/c1-3-22-19(24-14-20(2)10-5-4-8-17(20)27)25-15-9-12-26(13-15)18-16(21)7-6-11-23-18/h6-7,11,15,17,27H,3-5,8-10,12-14H2,1-2H3,(H2,22,24,25). The molecule has 0 bridgehead atoms. The summed E-state index contributed by atoms with van der Waals surface area (Å²) in [5.41, 5.74) is -0.121. The van der Waals surface area contributed by atoms with Crippen molar-refractivity contribution < 1.29 is 5.11 Å². The smallest absolute Gasteiger partial charge is 0.191 e. The number of nitrogens with one attached hydrogen (secondary N) is 2. The van der Waals surface area contributed by atoms with E-state index in [1.54, 1.807) is 6.20 Å². The number of aromatic nitrogens is 1. The molecule has 0 spiro atoms. The monoisotopic (exact) mass is 393 g/mol. The fraction of sp³-hybridized carbons (Fsp3) is 0.700. The summed E-state index contributed by atoms with van der Waals surface area (Å²) in [6.45, 7) is 7.46. The van der Waals surface area contributed by atoms with Gasteiger partial charge in [-0.2, -0.15) is 0 Å². The zero-order valence-electron chi connectivity index (χ0n) is 16.4. The third-order valence-corrected chi connectivity index (χ3v) is 6.09. The molecular weight excluding hydrogens is 362 g/mol. The van der Waals surface area contributed by atoms with Crippen LogP contribution in [0.25, 0.3) is 0 Å². The lowest BCUT2D eigenvalue weighted by atomic mass is 9.73. The lowest BCUT2D eigenvalue weighted by Crippen LogP contribution is -2.46. The number of pyridine rings is 1. The van der Waals surface area contributed by atoms with Gasteiger partial charge in [-0.05, 0) is 38.3 Å². The van der Waals surface area contributed by atoms with Crippen LogP contribution in [0, 0.1) is 5.41 Å². The SMILES string of the molecule is CCNC(=NCC1(C)CCCCC1O)NC1CCN(c2ncccc2Cl)C1. The molecule has 1 saturated carbocycles. The second-order valence-electron chi connectivity index (χ2n) is 8.00. The number of aliphatic imine (C=N–C) groups is 1. The van der Waals surface area contributed by atoms with E-state index in [1.165, 1.54) is 6.42 Å². The van der Waals surface area contributed by atoms with Crippen molar-refractivity contribution in [2.75, 3.05) is 31.1 Å². The van der Waals surface area contributed by atoms with Crippen molar-refractivity contribution in [3.8, 4) is 0 Å². The van der Waals surface area contributed by atoms with Crippen molar-refractivity contribution >= 4 is 23.4 Å². The molecule has 3 atom stereocenters. The van der Waals surface area contributed by atoms with Gasteiger partial charge in [0.15, 0.2) is 5.96 Å². The molecule has 1 aliphatic heterocycles. The van der Waals surface area contributed by atoms with E-state index >= 15 is 0 Å². The fourth-order valence-electron chi connectivity index (χ4n) is 4.02. The van der Waals surface area contributed by atoms with Crippen LogP contribution in [0.1, 0.15) is 46.0 Å². The van der Waals surface area contributed by atoms with E-state index in [1.807, 2.05) is 12.1 Å². The van der Waals surface area contributed by atoms with Crippen molar-refractivity contribution in [1.82, 2.24) is 15.6 Å². The van der Waals surface area contributed by atoms with Gasteiger partial charge in [-0.25, -0.2) is 4.98 Å². The minimum Gasteiger partial charge on any atom is -0.392 e. The lowest BCUT2D eigenvalue weighted by Gasteiger charge is -2.37. The number of aliphatic hydroxyl groups is 1. The minimum atomic E-state index is -0.258. The van der Waals surface area contributed by atoms with Crippen LogP contribution < -0.4 is 15.5 Å². The number of nitrogens with zero attached hydrogens (tertiary/aromatic N) is 3. The van der Waals surface area contributed by atoms with Crippen LogP contribution in [0.5, 0.6) is 0 Å². The number of hydrogen-bond donors (Lipinski definition) is 3. The van der Waals surface area contributed by atoms with Gasteiger partial charge < -0.3 is 20.6 Å². The van der Waals surface area contributed by atoms with Crippen LogP contribution in [0.15, 0.2) is 23.3 Å². The number of rotatable bonds is 5. The average molecular weight is 394 g/mol. The summed E-state index contributed by atoms with van der Waals surface area (Å²) < 4.78 is 0. The Kier molecular flexibility index (Phi) is 6.82. The maximum Gasteiger partial charge on any atom is 0.191 e. The molecule has 0 amide bonds. The van der Waals surface area contributed by atoms with E-state index in [-0.39, 0.29) is 11.5 Å². The molecule has 0 radical (unpaired) electrons. The molecule has 2 heterocycles. The van der Waals surface area contributed by atoms with E-state index in [2.05, 4.69) is 34.4 Å². The zero-order valence-corrected chi connectivity index (χ0v) is 17.2. The summed E-state index contributed by atoms with van der Waals surface area (Å²) in [6, 6.07) is 4.03. The van der Waals surface area contributed by atoms with Crippen molar-refractivity contribution in [3.05, 3.63) is 23.4 Å². The van der Waals surface area contributed by atoms with E-state index in [0.717, 1.165) is 57.1 Å². The molecule has 1 aromatic heterocycles. The van der Waals surface area contributed by atoms with E-state index in [9.17, 15) is 5.11 Å². The normalized spacial score (nSPS) is 29.0. The number of aliphatic hydroxyl groups excluding tert-OH is 1. The largest absolute Gasteiger partial charge is 0.392 e. The Hall–Kier alpha value is -1.53. The molecule has 27 heavy (non-hydrogen) atoms. The van der Waals surface area contributed by atoms with Gasteiger partial charge in [0.2, 0.25) is 0 Å². The summed E-state index contributed by atoms with van der Waals surface area (Å²) in [6.07, 6.45) is 6.75. The van der Waals surface area contributed by atoms with E-state index in [4.69, 9.17) is 16.6 Å². The van der Waals surface area contributed by atoms with Gasteiger partial charge in [-0.3, -0.25) is 4.99 Å². The van der Waals surface area contributed by atoms with Crippen molar-refractivity contribution in [3.63, 3.8) is 0 Å². The highest BCUT2D eigenvalue weighted by molar-refractivity contribution is 6.32. The van der Waals surface area contributed by atoms with Crippen LogP contribution in [-0.2, 0) is 0 Å². The quantitative estimate of drug-likeness (QED) is 0.530. The minimum absolute atomic E-state index is 0.121. The summed E-state index contributed by atoms with van der Waals surface area (Å²) in [4.78, 5) is 11.4. The average Bonchev–Trinajstić information content (AvgIpc) is 3.11. The Morgan fingerprint density at radius 2 is 2.30 bits per heavy atom. The topological polar surface area (TPSA) is 72.8 Å². The van der Waals surface area contributed by atoms with Gasteiger partial charge in [0.1, 0.15) is 5.82 Å². The van der Waals surface area contributed by atoms with Crippen LogP contribution in [-0.4, -0.2) is 54.4 Å². The molecular formula is C20H32ClN5O. The molecule has 3 unspecified atom stereocenters. The molecule has 7 heteroatoms. The first-order valence-corrected chi connectivity index (χ1v) is 10.5. The number of anilines is 1. The Balaban J connectivity index is 1.60. The summed E-state index contributed by atoms with van der Waals surface area (Å²) in [5.74, 6) is 1.68. The predicted octanol–water partition coefficient (Wildman–Crippen LogP) is 2.81. The summed E-state index contributed by atoms with van der Waals surface area (Å²) in [7, 11) is 0. The van der Waals surface area contributed by atoms with Crippen molar-refractivity contribution in [1.29, 1.82) is 0 Å². The van der Waals surface area contributed by atoms with E-state index in [0.29, 0.717) is 17.6 Å². The maximum atomic E-state index is 10.4. The molecule has 0 aromatic carbocycles. The molecule has 1 aliphatic carbocycles. The first kappa shape index (κ1) is 20.2. The van der Waals surface area contributed by atoms with Crippen LogP contribution in [0.4, 0.5) is 5.82 Å². The fourth-order valence-corrected chi connectivity index (χ4v) is 4.26. The van der Waals surface area contributed by atoms with Crippen molar-refractivity contribution in [2.24, 2.45) is 10.4 Å². The molecule has 3 N–H and O–H groups in total. The Labute approximate surface area is 167 Å². The molecule has 1 saturated heterocycles. The van der Waals surface area contributed by atoms with E-state index < -0.39 is 0 Å². The van der Waals surface area contributed by atoms with Gasteiger partial charge in [0.25, 0.3) is 0 Å². The summed E-state index contributed by atoms with van der Waals surface area (Å²) >= 11 is 6.29. The zero-order chi connectivity index (χ0) is 19.3. The predicted molar refractivity (Wildman–Crippen MR) is 112 cm³/mol. The molecule has 2 aliphatic rings. The molecule has 3 rings (SSSR count). The first-order valence-electron chi connectivity index (χ1n) is 10.1. The highest BCUT2D eigenvalue weighted by Gasteiger charge is 2.35. The van der Waals surface area contributed by atoms with Gasteiger partial charge in [0.05, 0.1) is 17.7 Å². The second-order valence-corrected chi connectivity index (χ2v) is 8.40. The molecule has 6 nitrogen and oxygen atoms in total. The van der Waals surface area contributed by atoms with Gasteiger partial charge in [0, 0.05) is 37.3 Å². The second kappa shape index (κ2) is 9.11.